The Labute approximate surface area is 168 Å². The lowest BCUT2D eigenvalue weighted by atomic mass is 10.1. The maximum absolute atomic E-state index is 11.5. The molecule has 0 aliphatic rings. The lowest BCUT2D eigenvalue weighted by Gasteiger charge is -2.21. The van der Waals surface area contributed by atoms with E-state index in [-0.39, 0.29) is 6.61 Å². The highest BCUT2D eigenvalue weighted by Gasteiger charge is 2.13. The van der Waals surface area contributed by atoms with E-state index in [1.807, 2.05) is 34.9 Å². The summed E-state index contributed by atoms with van der Waals surface area (Å²) in [7, 11) is 0. The van der Waals surface area contributed by atoms with Gasteiger partial charge in [-0.1, -0.05) is 61.2 Å². The predicted octanol–water partition coefficient (Wildman–Crippen LogP) is 2.44. The topological polar surface area (TPSA) is 90.2 Å². The van der Waals surface area contributed by atoms with E-state index in [1.54, 1.807) is 42.2 Å². The van der Waals surface area contributed by atoms with E-state index in [2.05, 4.69) is 17.2 Å². The third kappa shape index (κ3) is 4.74. The van der Waals surface area contributed by atoms with Crippen molar-refractivity contribution in [3.63, 3.8) is 0 Å². The third-order valence-electron chi connectivity index (χ3n) is 4.31. The Morgan fingerprint density at radius 3 is 2.54 bits per heavy atom. The zero-order valence-electron chi connectivity index (χ0n) is 15.5. The summed E-state index contributed by atoms with van der Waals surface area (Å²) < 4.78 is 1.99. The van der Waals surface area contributed by atoms with Gasteiger partial charge in [0.25, 0.3) is 0 Å². The Balaban J connectivity index is 1.75. The molecule has 28 heavy (non-hydrogen) atoms. The molecule has 0 bridgehead atoms. The van der Waals surface area contributed by atoms with Crippen LogP contribution in [0.2, 0.25) is 0 Å². The molecule has 3 rings (SSSR count). The van der Waals surface area contributed by atoms with Crippen molar-refractivity contribution in [3.8, 4) is 0 Å². The number of aromatic nitrogens is 2. The van der Waals surface area contributed by atoms with Gasteiger partial charge in [-0.2, -0.15) is 0 Å². The molecule has 0 radical (unpaired) electrons. The van der Waals surface area contributed by atoms with Crippen LogP contribution in [-0.2, 0) is 17.9 Å². The van der Waals surface area contributed by atoms with Gasteiger partial charge in [-0.25, -0.2) is 4.98 Å². The minimum Gasteiger partial charge on any atom is -0.548 e. The number of carboxylic acid groups (broad SMARTS) is 1. The summed E-state index contributed by atoms with van der Waals surface area (Å²) in [4.78, 5) is 15.9. The Morgan fingerprint density at radius 2 is 1.93 bits per heavy atom. The number of aliphatic hydroxyl groups is 1. The lowest BCUT2D eigenvalue weighted by Crippen LogP contribution is -2.34. The SMILES string of the molecule is CCSc1ncc(CO)n1Cc1ccc(NC(C(=O)[O-])c2ccccc2)cc1. The number of nitrogens with one attached hydrogen (secondary N) is 1. The van der Waals surface area contributed by atoms with Gasteiger partial charge >= 0.3 is 0 Å². The van der Waals surface area contributed by atoms with Gasteiger partial charge < -0.3 is 24.9 Å². The van der Waals surface area contributed by atoms with Gasteiger partial charge in [-0.05, 0) is 29.0 Å². The molecule has 1 aromatic heterocycles. The standard InChI is InChI=1S/C21H23N3O3S/c1-2-28-21-22-12-18(14-25)24(21)13-15-8-10-17(11-9-15)23-19(20(26)27)16-6-4-3-5-7-16/h3-12,19,23,25H,2,13-14H2,1H3,(H,26,27)/p-1. The molecule has 2 aromatic carbocycles. The molecule has 6 nitrogen and oxygen atoms in total. The molecule has 0 fully saturated rings. The average molecular weight is 396 g/mol. The fourth-order valence-corrected chi connectivity index (χ4v) is 3.63. The largest absolute Gasteiger partial charge is 0.548 e. The summed E-state index contributed by atoms with van der Waals surface area (Å²) in [6.45, 7) is 2.58. The van der Waals surface area contributed by atoms with Crippen LogP contribution < -0.4 is 10.4 Å². The molecule has 1 unspecified atom stereocenters. The maximum Gasteiger partial charge on any atom is 0.168 e. The van der Waals surface area contributed by atoms with E-state index >= 15 is 0 Å². The van der Waals surface area contributed by atoms with E-state index in [1.165, 1.54) is 0 Å². The Morgan fingerprint density at radius 1 is 1.21 bits per heavy atom. The van der Waals surface area contributed by atoms with Gasteiger partial charge in [-0.3, -0.25) is 0 Å². The lowest BCUT2D eigenvalue weighted by molar-refractivity contribution is -0.307. The number of aliphatic hydroxyl groups excluding tert-OH is 1. The van der Waals surface area contributed by atoms with Crippen molar-refractivity contribution in [3.05, 3.63) is 77.6 Å². The number of rotatable bonds is 9. The smallest absolute Gasteiger partial charge is 0.168 e. The van der Waals surface area contributed by atoms with Crippen LogP contribution in [0.15, 0.2) is 66.0 Å². The molecule has 1 heterocycles. The monoisotopic (exact) mass is 396 g/mol. The first-order chi connectivity index (χ1) is 13.6. The van der Waals surface area contributed by atoms with E-state index in [4.69, 9.17) is 0 Å². The van der Waals surface area contributed by atoms with Crippen LogP contribution in [0.25, 0.3) is 0 Å². The second-order valence-electron chi connectivity index (χ2n) is 6.21. The highest BCUT2D eigenvalue weighted by Crippen LogP contribution is 2.22. The molecular formula is C21H22N3O3S-. The zero-order valence-corrected chi connectivity index (χ0v) is 16.4. The number of thioether (sulfide) groups is 1. The Bertz CT molecular complexity index is 910. The number of carbonyl (C=O) groups is 1. The first kappa shape index (κ1) is 20.0. The molecule has 0 saturated heterocycles. The first-order valence-electron chi connectivity index (χ1n) is 9.01. The van der Waals surface area contributed by atoms with Gasteiger partial charge in [-0.15, -0.1) is 0 Å². The van der Waals surface area contributed by atoms with E-state index in [0.717, 1.165) is 22.2 Å². The van der Waals surface area contributed by atoms with Crippen molar-refractivity contribution in [2.45, 2.75) is 31.3 Å². The summed E-state index contributed by atoms with van der Waals surface area (Å²) in [5, 5.41) is 25.0. The number of aliphatic carboxylic acids is 1. The molecule has 0 saturated carbocycles. The number of benzene rings is 2. The van der Waals surface area contributed by atoms with Crippen molar-refractivity contribution >= 4 is 23.4 Å². The summed E-state index contributed by atoms with van der Waals surface area (Å²) in [6.07, 6.45) is 1.69. The van der Waals surface area contributed by atoms with Crippen LogP contribution >= 0.6 is 11.8 Å². The number of hydrogen-bond donors (Lipinski definition) is 2. The Hall–Kier alpha value is -2.77. The van der Waals surface area contributed by atoms with E-state index in [9.17, 15) is 15.0 Å². The highest BCUT2D eigenvalue weighted by atomic mass is 32.2. The number of carboxylic acids is 1. The fraction of sp³-hybridized carbons (Fsp3) is 0.238. The second kappa shape index (κ2) is 9.43. The van der Waals surface area contributed by atoms with Crippen molar-refractivity contribution < 1.29 is 15.0 Å². The van der Waals surface area contributed by atoms with Gasteiger partial charge in [0.15, 0.2) is 5.16 Å². The van der Waals surface area contributed by atoms with Crippen molar-refractivity contribution in [2.75, 3.05) is 11.1 Å². The highest BCUT2D eigenvalue weighted by molar-refractivity contribution is 7.99. The number of nitrogens with zero attached hydrogens (tertiary/aromatic N) is 2. The average Bonchev–Trinajstić information content (AvgIpc) is 3.09. The van der Waals surface area contributed by atoms with Gasteiger partial charge in [0.2, 0.25) is 0 Å². The summed E-state index contributed by atoms with van der Waals surface area (Å²) in [6, 6.07) is 15.6. The molecule has 0 aliphatic heterocycles. The molecule has 0 spiro atoms. The van der Waals surface area contributed by atoms with Gasteiger partial charge in [0.05, 0.1) is 30.5 Å². The van der Waals surface area contributed by atoms with Gasteiger partial charge in [0.1, 0.15) is 0 Å². The fourth-order valence-electron chi connectivity index (χ4n) is 2.91. The van der Waals surface area contributed by atoms with Crippen LogP contribution in [0.1, 0.15) is 29.8 Å². The first-order valence-corrected chi connectivity index (χ1v) is 10.00. The molecule has 0 aliphatic carbocycles. The summed E-state index contributed by atoms with van der Waals surface area (Å²) >= 11 is 1.63. The summed E-state index contributed by atoms with van der Waals surface area (Å²) in [5.41, 5.74) is 3.12. The molecule has 2 N–H and O–H groups in total. The third-order valence-corrected chi connectivity index (χ3v) is 5.18. The van der Waals surface area contributed by atoms with E-state index in [0.29, 0.717) is 17.8 Å². The van der Waals surface area contributed by atoms with Crippen molar-refractivity contribution in [1.82, 2.24) is 9.55 Å². The minimum absolute atomic E-state index is 0.0682. The van der Waals surface area contributed by atoms with Crippen LogP contribution in [0.3, 0.4) is 0 Å². The van der Waals surface area contributed by atoms with Crippen LogP contribution in [-0.4, -0.2) is 26.4 Å². The number of hydrogen-bond acceptors (Lipinski definition) is 6. The molecule has 0 amide bonds. The van der Waals surface area contributed by atoms with Crippen LogP contribution in [0, 0.1) is 0 Å². The molecule has 1 atom stereocenters. The van der Waals surface area contributed by atoms with Crippen molar-refractivity contribution in [2.24, 2.45) is 0 Å². The minimum atomic E-state index is -1.18. The number of imidazole rings is 1. The normalized spacial score (nSPS) is 11.9. The quantitative estimate of drug-likeness (QED) is 0.540. The second-order valence-corrected chi connectivity index (χ2v) is 7.44. The van der Waals surface area contributed by atoms with Crippen molar-refractivity contribution in [1.29, 1.82) is 0 Å². The predicted molar refractivity (Wildman–Crippen MR) is 108 cm³/mol. The maximum atomic E-state index is 11.5. The summed E-state index contributed by atoms with van der Waals surface area (Å²) in [5.74, 6) is -0.281. The zero-order chi connectivity index (χ0) is 19.9. The van der Waals surface area contributed by atoms with E-state index < -0.39 is 12.0 Å². The Kier molecular flexibility index (Phi) is 6.73. The molecular weight excluding hydrogens is 374 g/mol. The molecule has 7 heteroatoms. The van der Waals surface area contributed by atoms with Gasteiger partial charge in [0, 0.05) is 12.2 Å². The van der Waals surface area contributed by atoms with Crippen LogP contribution in [0.5, 0.6) is 0 Å². The molecule has 3 aromatic rings. The number of anilines is 1. The number of carbonyl (C=O) groups excluding carboxylic acids is 1. The molecule has 146 valence electrons. The van der Waals surface area contributed by atoms with Crippen LogP contribution in [0.4, 0.5) is 5.69 Å².